The number of rotatable bonds is 0. The molecule has 3 atom stereocenters. The molecule has 1 saturated carbocycles. The number of halogens is 1. The van der Waals surface area contributed by atoms with Gasteiger partial charge in [0.15, 0.2) is 9.84 Å². The molecule has 0 radical (unpaired) electrons. The van der Waals surface area contributed by atoms with Crippen LogP contribution in [0, 0.1) is 10.8 Å². The molecule has 0 unspecified atom stereocenters. The first-order chi connectivity index (χ1) is 7.92. The van der Waals surface area contributed by atoms with E-state index in [2.05, 4.69) is 13.0 Å². The number of allylic oxidation sites excluding steroid dienone is 2. The van der Waals surface area contributed by atoms with Gasteiger partial charge < -0.3 is 0 Å². The summed E-state index contributed by atoms with van der Waals surface area (Å²) in [5.41, 5.74) is 1.12. The van der Waals surface area contributed by atoms with Gasteiger partial charge in [-0.3, -0.25) is 0 Å². The van der Waals surface area contributed by atoms with Gasteiger partial charge in [0.25, 0.3) is 0 Å². The molecule has 0 N–H and O–H groups in total. The molecule has 17 heavy (non-hydrogen) atoms. The van der Waals surface area contributed by atoms with Gasteiger partial charge in [0, 0.05) is 5.41 Å². The van der Waals surface area contributed by atoms with Crippen LogP contribution in [0.1, 0.15) is 45.4 Å². The van der Waals surface area contributed by atoms with Gasteiger partial charge in [-0.15, -0.1) is 11.6 Å². The zero-order chi connectivity index (χ0) is 12.3. The van der Waals surface area contributed by atoms with Gasteiger partial charge in [-0.2, -0.15) is 0 Å². The molecule has 0 bridgehead atoms. The zero-order valence-corrected chi connectivity index (χ0v) is 11.8. The van der Waals surface area contributed by atoms with Gasteiger partial charge in [0.2, 0.25) is 0 Å². The molecule has 0 aromatic rings. The molecule has 1 aliphatic heterocycles. The van der Waals surface area contributed by atoms with Gasteiger partial charge in [-0.25, -0.2) is 8.42 Å². The van der Waals surface area contributed by atoms with E-state index in [0.717, 1.165) is 38.5 Å². The molecule has 3 rings (SSSR count). The number of hydrogen-bond acceptors (Lipinski definition) is 2. The molecule has 0 aromatic heterocycles. The molecular formula is C13H19ClO2S. The molecule has 1 saturated heterocycles. The van der Waals surface area contributed by atoms with Crippen molar-refractivity contribution in [1.82, 2.24) is 0 Å². The number of sulfone groups is 1. The van der Waals surface area contributed by atoms with E-state index in [4.69, 9.17) is 11.6 Å². The second-order valence-corrected chi connectivity index (χ2v) is 8.98. The highest BCUT2D eigenvalue weighted by Gasteiger charge is 2.66. The Morgan fingerprint density at radius 1 is 1.35 bits per heavy atom. The van der Waals surface area contributed by atoms with Gasteiger partial charge >= 0.3 is 0 Å². The molecule has 2 aliphatic carbocycles. The van der Waals surface area contributed by atoms with Crippen molar-refractivity contribution in [3.8, 4) is 0 Å². The third-order valence-corrected chi connectivity index (χ3v) is 8.52. The molecule has 2 fully saturated rings. The first kappa shape index (κ1) is 12.0. The Morgan fingerprint density at radius 3 is 2.82 bits per heavy atom. The van der Waals surface area contributed by atoms with Crippen LogP contribution in [0.2, 0.25) is 0 Å². The fraction of sp³-hybridized carbons (Fsp3) is 0.846. The molecule has 0 aromatic carbocycles. The molecule has 0 amide bonds. The van der Waals surface area contributed by atoms with Crippen molar-refractivity contribution in [2.45, 2.75) is 50.2 Å². The maximum Gasteiger partial charge on any atom is 0.168 e. The van der Waals surface area contributed by atoms with Gasteiger partial charge in [0.1, 0.15) is 4.71 Å². The lowest BCUT2D eigenvalue weighted by Crippen LogP contribution is -2.47. The molecule has 2 nitrogen and oxygen atoms in total. The highest BCUT2D eigenvalue weighted by molar-refractivity contribution is 7.93. The third kappa shape index (κ3) is 1.42. The molecule has 1 heterocycles. The van der Waals surface area contributed by atoms with Crippen molar-refractivity contribution in [3.05, 3.63) is 11.6 Å². The van der Waals surface area contributed by atoms with E-state index >= 15 is 0 Å². The van der Waals surface area contributed by atoms with Gasteiger partial charge in [-0.05, 0) is 38.0 Å². The third-order valence-electron chi connectivity index (χ3n) is 5.25. The summed E-state index contributed by atoms with van der Waals surface area (Å²) in [7, 11) is -3.10. The fourth-order valence-electron chi connectivity index (χ4n) is 4.45. The molecular weight excluding hydrogens is 256 g/mol. The lowest BCUT2D eigenvalue weighted by molar-refractivity contribution is 0.0229. The summed E-state index contributed by atoms with van der Waals surface area (Å²) < 4.78 is 23.8. The average molecular weight is 275 g/mol. The van der Waals surface area contributed by atoms with Crippen molar-refractivity contribution >= 4 is 21.4 Å². The minimum absolute atomic E-state index is 0.0456. The number of alkyl halides is 1. The second-order valence-electron chi connectivity index (χ2n) is 6.20. The SMILES string of the molecule is CC1=CC[C@]23CCCC[C@@]2(C1)[C@@H](Cl)S(=O)(=O)C3. The highest BCUT2D eigenvalue weighted by Crippen LogP contribution is 2.67. The minimum atomic E-state index is -3.10. The van der Waals surface area contributed by atoms with Crippen LogP contribution in [0.25, 0.3) is 0 Å². The summed E-state index contributed by atoms with van der Waals surface area (Å²) in [6.45, 7) is 2.11. The van der Waals surface area contributed by atoms with E-state index in [1.165, 1.54) is 5.57 Å². The zero-order valence-electron chi connectivity index (χ0n) is 10.2. The Labute approximate surface area is 108 Å². The van der Waals surface area contributed by atoms with Crippen LogP contribution in [0.3, 0.4) is 0 Å². The Hall–Kier alpha value is -0.0200. The maximum atomic E-state index is 12.2. The lowest BCUT2D eigenvalue weighted by atomic mass is 9.52. The van der Waals surface area contributed by atoms with E-state index in [9.17, 15) is 8.42 Å². The predicted octanol–water partition coefficient (Wildman–Crippen LogP) is 3.27. The van der Waals surface area contributed by atoms with Crippen LogP contribution in [-0.4, -0.2) is 18.9 Å². The van der Waals surface area contributed by atoms with E-state index in [-0.39, 0.29) is 10.8 Å². The Morgan fingerprint density at radius 2 is 2.06 bits per heavy atom. The average Bonchev–Trinajstić information content (AvgIpc) is 2.45. The second kappa shape index (κ2) is 3.51. The quantitative estimate of drug-likeness (QED) is 0.502. The fourth-order valence-corrected chi connectivity index (χ4v) is 7.66. The van der Waals surface area contributed by atoms with Crippen molar-refractivity contribution < 1.29 is 8.42 Å². The largest absolute Gasteiger partial charge is 0.227 e. The van der Waals surface area contributed by atoms with Crippen LogP contribution in [0.15, 0.2) is 11.6 Å². The minimum Gasteiger partial charge on any atom is -0.227 e. The first-order valence-electron chi connectivity index (χ1n) is 6.43. The monoisotopic (exact) mass is 274 g/mol. The van der Waals surface area contributed by atoms with E-state index < -0.39 is 14.5 Å². The number of hydrogen-bond donors (Lipinski definition) is 0. The molecule has 0 spiro atoms. The molecule has 4 heteroatoms. The lowest BCUT2D eigenvalue weighted by Gasteiger charge is -2.52. The van der Waals surface area contributed by atoms with Crippen LogP contribution >= 0.6 is 11.6 Å². The summed E-state index contributed by atoms with van der Waals surface area (Å²) >= 11 is 6.39. The summed E-state index contributed by atoms with van der Waals surface area (Å²) in [4.78, 5) is 0. The van der Waals surface area contributed by atoms with E-state index in [1.807, 2.05) is 0 Å². The predicted molar refractivity (Wildman–Crippen MR) is 69.8 cm³/mol. The van der Waals surface area contributed by atoms with Crippen molar-refractivity contribution in [2.24, 2.45) is 10.8 Å². The van der Waals surface area contributed by atoms with Crippen molar-refractivity contribution in [3.63, 3.8) is 0 Å². The molecule has 96 valence electrons. The summed E-state index contributed by atoms with van der Waals surface area (Å²) in [5.74, 6) is 0.317. The Bertz CT molecular complexity index is 482. The first-order valence-corrected chi connectivity index (χ1v) is 8.58. The standard InChI is InChI=1S/C13H19ClO2S/c1-10-4-7-12-5-2-3-6-13(12,8-10)11(14)17(15,16)9-12/h4,11H,2-3,5-9H2,1H3/t11-,12-,13+/m0/s1. The summed E-state index contributed by atoms with van der Waals surface area (Å²) in [6.07, 6.45) is 8.38. The normalized spacial score (nSPS) is 48.1. The van der Waals surface area contributed by atoms with Crippen LogP contribution in [0.4, 0.5) is 0 Å². The highest BCUT2D eigenvalue weighted by atomic mass is 35.5. The Kier molecular flexibility index (Phi) is 2.48. The van der Waals surface area contributed by atoms with Crippen LogP contribution in [0.5, 0.6) is 0 Å². The maximum absolute atomic E-state index is 12.2. The van der Waals surface area contributed by atoms with Crippen LogP contribution in [-0.2, 0) is 9.84 Å². The van der Waals surface area contributed by atoms with Crippen molar-refractivity contribution in [1.29, 1.82) is 0 Å². The van der Waals surface area contributed by atoms with Crippen LogP contribution < -0.4 is 0 Å². The smallest absolute Gasteiger partial charge is 0.168 e. The van der Waals surface area contributed by atoms with Gasteiger partial charge in [0.05, 0.1) is 5.75 Å². The van der Waals surface area contributed by atoms with Crippen molar-refractivity contribution in [2.75, 3.05) is 5.75 Å². The van der Waals surface area contributed by atoms with E-state index in [0.29, 0.717) is 5.75 Å². The Balaban J connectivity index is 2.17. The van der Waals surface area contributed by atoms with Gasteiger partial charge in [-0.1, -0.05) is 24.5 Å². The van der Waals surface area contributed by atoms with E-state index in [1.54, 1.807) is 0 Å². The summed E-state index contributed by atoms with van der Waals surface area (Å²) in [6, 6.07) is 0. The molecule has 3 aliphatic rings. The summed E-state index contributed by atoms with van der Waals surface area (Å²) in [5, 5.41) is 0. The topological polar surface area (TPSA) is 34.1 Å².